The van der Waals surface area contributed by atoms with Crippen molar-refractivity contribution in [2.45, 2.75) is 64.1 Å². The fraction of sp³-hybridized carbons (Fsp3) is 0.545. The number of nitrogens with two attached hydrogens (primary N) is 1. The molecule has 0 spiro atoms. The SMILES string of the molecule is C#Cc1ccc(C2(NC(=O)C3CCCN3C(=O)C(N)C(C)(C)C)CC2)cc1. The highest BCUT2D eigenvalue weighted by atomic mass is 16.2. The van der Waals surface area contributed by atoms with Crippen molar-refractivity contribution in [2.24, 2.45) is 11.1 Å². The Morgan fingerprint density at radius 1 is 1.30 bits per heavy atom. The number of benzene rings is 1. The van der Waals surface area contributed by atoms with Gasteiger partial charge >= 0.3 is 0 Å². The summed E-state index contributed by atoms with van der Waals surface area (Å²) in [5.41, 5.74) is 7.38. The molecule has 5 nitrogen and oxygen atoms in total. The van der Waals surface area contributed by atoms with E-state index in [1.807, 2.05) is 45.0 Å². The summed E-state index contributed by atoms with van der Waals surface area (Å²) in [6, 6.07) is 6.71. The van der Waals surface area contributed by atoms with Crippen LogP contribution in [0.3, 0.4) is 0 Å². The number of likely N-dealkylation sites (tertiary alicyclic amines) is 1. The molecular formula is C22H29N3O2. The number of rotatable bonds is 4. The molecule has 0 bridgehead atoms. The number of terminal acetylenes is 1. The van der Waals surface area contributed by atoms with E-state index in [9.17, 15) is 9.59 Å². The lowest BCUT2D eigenvalue weighted by Crippen LogP contribution is -2.55. The maximum Gasteiger partial charge on any atom is 0.243 e. The topological polar surface area (TPSA) is 75.4 Å². The second-order valence-corrected chi connectivity index (χ2v) is 8.83. The van der Waals surface area contributed by atoms with Gasteiger partial charge in [0.05, 0.1) is 11.6 Å². The van der Waals surface area contributed by atoms with E-state index in [1.165, 1.54) is 0 Å². The zero-order valence-electron chi connectivity index (χ0n) is 16.4. The van der Waals surface area contributed by atoms with E-state index < -0.39 is 12.1 Å². The van der Waals surface area contributed by atoms with Crippen LogP contribution in [0, 0.1) is 17.8 Å². The van der Waals surface area contributed by atoms with E-state index in [0.29, 0.717) is 13.0 Å². The molecule has 2 aliphatic rings. The number of amides is 2. The van der Waals surface area contributed by atoms with Crippen LogP contribution in [0.15, 0.2) is 24.3 Å². The molecule has 5 heteroatoms. The number of hydrogen-bond donors (Lipinski definition) is 2. The molecule has 1 aromatic carbocycles. The van der Waals surface area contributed by atoms with Gasteiger partial charge in [0.2, 0.25) is 11.8 Å². The second-order valence-electron chi connectivity index (χ2n) is 8.83. The molecule has 2 unspecified atom stereocenters. The summed E-state index contributed by atoms with van der Waals surface area (Å²) in [5, 5.41) is 3.20. The van der Waals surface area contributed by atoms with Crippen molar-refractivity contribution in [3.05, 3.63) is 35.4 Å². The molecule has 2 fully saturated rings. The standard InChI is InChI=1S/C22H29N3O2/c1-5-15-8-10-16(11-9-15)22(12-13-22)24-19(26)17-7-6-14-25(17)20(27)18(23)21(2,3)4/h1,8-11,17-18H,6-7,12-14,23H2,2-4H3,(H,24,26). The predicted octanol–water partition coefficient (Wildman–Crippen LogP) is 2.14. The Hall–Kier alpha value is -2.32. The van der Waals surface area contributed by atoms with Crippen molar-refractivity contribution in [3.8, 4) is 12.3 Å². The van der Waals surface area contributed by atoms with Gasteiger partial charge in [0.1, 0.15) is 6.04 Å². The average molecular weight is 367 g/mol. The maximum atomic E-state index is 13.0. The zero-order valence-corrected chi connectivity index (χ0v) is 16.4. The van der Waals surface area contributed by atoms with Crippen molar-refractivity contribution >= 4 is 11.8 Å². The Kier molecular flexibility index (Phi) is 5.05. The van der Waals surface area contributed by atoms with E-state index in [-0.39, 0.29) is 22.8 Å². The fourth-order valence-electron chi connectivity index (χ4n) is 3.67. The van der Waals surface area contributed by atoms with Gasteiger partial charge in [-0.25, -0.2) is 0 Å². The molecule has 1 aromatic rings. The largest absolute Gasteiger partial charge is 0.345 e. The monoisotopic (exact) mass is 367 g/mol. The zero-order chi connectivity index (χ0) is 19.8. The van der Waals surface area contributed by atoms with Crippen molar-refractivity contribution in [3.63, 3.8) is 0 Å². The first-order chi connectivity index (χ1) is 12.7. The lowest BCUT2D eigenvalue weighted by Gasteiger charge is -2.33. The first kappa shape index (κ1) is 19.4. The van der Waals surface area contributed by atoms with Crippen LogP contribution in [-0.2, 0) is 15.1 Å². The van der Waals surface area contributed by atoms with Gasteiger partial charge in [-0.15, -0.1) is 6.42 Å². The summed E-state index contributed by atoms with van der Waals surface area (Å²) in [6.45, 7) is 6.42. The molecule has 27 heavy (non-hydrogen) atoms. The highest BCUT2D eigenvalue weighted by molar-refractivity contribution is 5.91. The summed E-state index contributed by atoms with van der Waals surface area (Å²) < 4.78 is 0. The predicted molar refractivity (Wildman–Crippen MR) is 106 cm³/mol. The minimum atomic E-state index is -0.614. The van der Waals surface area contributed by atoms with Gasteiger partial charge in [0, 0.05) is 12.1 Å². The molecular weight excluding hydrogens is 338 g/mol. The third-order valence-electron chi connectivity index (χ3n) is 5.75. The number of nitrogens with zero attached hydrogens (tertiary/aromatic N) is 1. The minimum Gasteiger partial charge on any atom is -0.345 e. The number of hydrogen-bond acceptors (Lipinski definition) is 3. The second kappa shape index (κ2) is 7.01. The van der Waals surface area contributed by atoms with E-state index in [2.05, 4.69) is 11.2 Å². The lowest BCUT2D eigenvalue weighted by atomic mass is 9.86. The Morgan fingerprint density at radius 3 is 2.44 bits per heavy atom. The molecule has 1 heterocycles. The van der Waals surface area contributed by atoms with Crippen LogP contribution in [0.4, 0.5) is 0 Å². The Bertz CT molecular complexity index is 766. The minimum absolute atomic E-state index is 0.0829. The van der Waals surface area contributed by atoms with Crippen molar-refractivity contribution in [1.29, 1.82) is 0 Å². The highest BCUT2D eigenvalue weighted by Gasteiger charge is 2.48. The Labute approximate surface area is 161 Å². The van der Waals surface area contributed by atoms with Crippen LogP contribution >= 0.6 is 0 Å². The number of carbonyl (C=O) groups excluding carboxylic acids is 2. The van der Waals surface area contributed by atoms with E-state index in [4.69, 9.17) is 12.2 Å². The highest BCUT2D eigenvalue weighted by Crippen LogP contribution is 2.45. The Morgan fingerprint density at radius 2 is 1.93 bits per heavy atom. The first-order valence-electron chi connectivity index (χ1n) is 9.63. The summed E-state index contributed by atoms with van der Waals surface area (Å²) >= 11 is 0. The van der Waals surface area contributed by atoms with Gasteiger partial charge in [-0.2, -0.15) is 0 Å². The van der Waals surface area contributed by atoms with Gasteiger partial charge < -0.3 is 16.0 Å². The molecule has 1 saturated heterocycles. The molecule has 2 amide bonds. The molecule has 1 aliphatic carbocycles. The summed E-state index contributed by atoms with van der Waals surface area (Å²) in [6.07, 6.45) is 8.72. The quantitative estimate of drug-likeness (QED) is 0.801. The number of nitrogens with one attached hydrogen (secondary N) is 1. The molecule has 2 atom stereocenters. The average Bonchev–Trinajstić information content (AvgIpc) is 3.24. The van der Waals surface area contributed by atoms with Crippen LogP contribution in [0.2, 0.25) is 0 Å². The molecule has 3 N–H and O–H groups in total. The number of carbonyl (C=O) groups is 2. The molecule has 3 rings (SSSR count). The maximum absolute atomic E-state index is 13.0. The van der Waals surface area contributed by atoms with Crippen LogP contribution in [0.1, 0.15) is 57.6 Å². The van der Waals surface area contributed by atoms with Crippen LogP contribution in [0.5, 0.6) is 0 Å². The smallest absolute Gasteiger partial charge is 0.243 e. The third kappa shape index (κ3) is 3.86. The van der Waals surface area contributed by atoms with E-state index >= 15 is 0 Å². The normalized spacial score (nSPS) is 22.0. The van der Waals surface area contributed by atoms with Gasteiger partial charge in [-0.05, 0) is 48.8 Å². The third-order valence-corrected chi connectivity index (χ3v) is 5.75. The molecule has 1 aliphatic heterocycles. The Balaban J connectivity index is 1.71. The summed E-state index contributed by atoms with van der Waals surface area (Å²) in [4.78, 5) is 27.5. The summed E-state index contributed by atoms with van der Waals surface area (Å²) in [5.74, 6) is 2.39. The van der Waals surface area contributed by atoms with Crippen LogP contribution in [-0.4, -0.2) is 35.3 Å². The molecule has 0 aromatic heterocycles. The van der Waals surface area contributed by atoms with Gasteiger partial charge in [0.25, 0.3) is 0 Å². The lowest BCUT2D eigenvalue weighted by molar-refractivity contribution is -0.141. The van der Waals surface area contributed by atoms with Crippen molar-refractivity contribution < 1.29 is 9.59 Å². The van der Waals surface area contributed by atoms with Gasteiger partial charge in [-0.3, -0.25) is 9.59 Å². The molecule has 0 radical (unpaired) electrons. The van der Waals surface area contributed by atoms with E-state index in [0.717, 1.165) is 30.4 Å². The first-order valence-corrected chi connectivity index (χ1v) is 9.63. The van der Waals surface area contributed by atoms with Crippen molar-refractivity contribution in [2.75, 3.05) is 6.54 Å². The molecule has 1 saturated carbocycles. The summed E-state index contributed by atoms with van der Waals surface area (Å²) in [7, 11) is 0. The van der Waals surface area contributed by atoms with Crippen molar-refractivity contribution in [1.82, 2.24) is 10.2 Å². The van der Waals surface area contributed by atoms with Gasteiger partial charge in [-0.1, -0.05) is 38.8 Å². The van der Waals surface area contributed by atoms with Gasteiger partial charge in [0.15, 0.2) is 0 Å². The van der Waals surface area contributed by atoms with Crippen LogP contribution in [0.25, 0.3) is 0 Å². The molecule has 144 valence electrons. The van der Waals surface area contributed by atoms with E-state index in [1.54, 1.807) is 4.90 Å². The fourth-order valence-corrected chi connectivity index (χ4v) is 3.67. The van der Waals surface area contributed by atoms with Crippen LogP contribution < -0.4 is 11.1 Å².